The standard InChI is InChI=1S/C13H21N5O/c1-16-9-3-4-10(16)8-18(6-5-9)13(19)11-7-15-17(2)12(11)14/h7,9-10H,3-6,8,14H2,1-2H3. The van der Waals surface area contributed by atoms with Gasteiger partial charge in [-0.1, -0.05) is 0 Å². The number of aromatic nitrogens is 2. The average molecular weight is 263 g/mol. The van der Waals surface area contributed by atoms with E-state index >= 15 is 0 Å². The number of carbonyl (C=O) groups is 1. The highest BCUT2D eigenvalue weighted by atomic mass is 16.2. The first-order valence-corrected chi connectivity index (χ1v) is 6.86. The second-order valence-electron chi connectivity index (χ2n) is 5.66. The summed E-state index contributed by atoms with van der Waals surface area (Å²) < 4.78 is 1.54. The van der Waals surface area contributed by atoms with Gasteiger partial charge in [-0.25, -0.2) is 0 Å². The lowest BCUT2D eigenvalue weighted by molar-refractivity contribution is 0.0741. The van der Waals surface area contributed by atoms with Gasteiger partial charge in [0, 0.05) is 32.2 Å². The molecule has 1 aromatic heterocycles. The molecule has 19 heavy (non-hydrogen) atoms. The number of anilines is 1. The molecule has 1 amide bonds. The van der Waals surface area contributed by atoms with Crippen LogP contribution in [0.15, 0.2) is 6.20 Å². The fourth-order valence-corrected chi connectivity index (χ4v) is 3.28. The van der Waals surface area contributed by atoms with Crippen LogP contribution in [0.3, 0.4) is 0 Å². The van der Waals surface area contributed by atoms with Gasteiger partial charge in [-0.3, -0.25) is 14.4 Å². The molecule has 0 radical (unpaired) electrons. The molecule has 2 unspecified atom stereocenters. The first kappa shape index (κ1) is 12.5. The Morgan fingerprint density at radius 1 is 1.32 bits per heavy atom. The summed E-state index contributed by atoms with van der Waals surface area (Å²) in [4.78, 5) is 16.9. The Hall–Kier alpha value is -1.56. The molecular weight excluding hydrogens is 242 g/mol. The van der Waals surface area contributed by atoms with E-state index in [0.29, 0.717) is 23.5 Å². The van der Waals surface area contributed by atoms with Crippen molar-refractivity contribution in [3.8, 4) is 0 Å². The number of carbonyl (C=O) groups excluding carboxylic acids is 1. The SMILES string of the molecule is CN1C2CCC1CN(C(=O)c1cnn(C)c1N)CC2. The van der Waals surface area contributed by atoms with Crippen LogP contribution in [-0.4, -0.2) is 57.7 Å². The number of likely N-dealkylation sites (tertiary alicyclic amines) is 1. The molecule has 0 aromatic carbocycles. The van der Waals surface area contributed by atoms with Crippen molar-refractivity contribution in [3.63, 3.8) is 0 Å². The van der Waals surface area contributed by atoms with Crippen LogP contribution in [0.4, 0.5) is 5.82 Å². The number of nitrogens with two attached hydrogens (primary N) is 1. The molecule has 2 atom stereocenters. The number of rotatable bonds is 1. The van der Waals surface area contributed by atoms with Gasteiger partial charge in [0.05, 0.1) is 6.20 Å². The Labute approximate surface area is 113 Å². The van der Waals surface area contributed by atoms with Crippen molar-refractivity contribution in [1.82, 2.24) is 19.6 Å². The quantitative estimate of drug-likeness (QED) is 0.792. The van der Waals surface area contributed by atoms with E-state index < -0.39 is 0 Å². The van der Waals surface area contributed by atoms with Crippen LogP contribution >= 0.6 is 0 Å². The monoisotopic (exact) mass is 263 g/mol. The number of amides is 1. The van der Waals surface area contributed by atoms with Crippen molar-refractivity contribution in [2.75, 3.05) is 25.9 Å². The summed E-state index contributed by atoms with van der Waals surface area (Å²) in [6.45, 7) is 1.62. The maximum absolute atomic E-state index is 12.5. The van der Waals surface area contributed by atoms with Gasteiger partial charge < -0.3 is 10.6 Å². The molecular formula is C13H21N5O. The van der Waals surface area contributed by atoms with Crippen LogP contribution < -0.4 is 5.73 Å². The minimum absolute atomic E-state index is 0.0200. The minimum atomic E-state index is 0.0200. The molecule has 3 heterocycles. The summed E-state index contributed by atoms with van der Waals surface area (Å²) in [7, 11) is 3.93. The zero-order chi connectivity index (χ0) is 13.6. The van der Waals surface area contributed by atoms with Crippen LogP contribution in [0.1, 0.15) is 29.6 Å². The van der Waals surface area contributed by atoms with Gasteiger partial charge in [0.1, 0.15) is 11.4 Å². The smallest absolute Gasteiger partial charge is 0.259 e. The fourth-order valence-electron chi connectivity index (χ4n) is 3.28. The van der Waals surface area contributed by atoms with Gasteiger partial charge in [-0.05, 0) is 26.3 Å². The van der Waals surface area contributed by atoms with E-state index in [1.165, 1.54) is 12.8 Å². The molecule has 2 saturated heterocycles. The molecule has 0 spiro atoms. The summed E-state index contributed by atoms with van der Waals surface area (Å²) in [5.41, 5.74) is 6.43. The zero-order valence-electron chi connectivity index (χ0n) is 11.5. The number of fused-ring (bicyclic) bond motifs is 2. The van der Waals surface area contributed by atoms with Gasteiger partial charge in [0.15, 0.2) is 0 Å². The zero-order valence-corrected chi connectivity index (χ0v) is 11.5. The number of hydrogen-bond donors (Lipinski definition) is 1. The molecule has 104 valence electrons. The Kier molecular flexibility index (Phi) is 2.97. The second kappa shape index (κ2) is 4.52. The molecule has 2 N–H and O–H groups in total. The third-order valence-electron chi connectivity index (χ3n) is 4.65. The second-order valence-corrected chi connectivity index (χ2v) is 5.66. The lowest BCUT2D eigenvalue weighted by Gasteiger charge is -2.25. The van der Waals surface area contributed by atoms with E-state index in [9.17, 15) is 4.79 Å². The lowest BCUT2D eigenvalue weighted by atomic mass is 10.1. The van der Waals surface area contributed by atoms with Crippen molar-refractivity contribution in [2.45, 2.75) is 31.3 Å². The molecule has 0 aliphatic carbocycles. The highest BCUT2D eigenvalue weighted by Crippen LogP contribution is 2.29. The average Bonchev–Trinajstić information content (AvgIpc) is 2.81. The van der Waals surface area contributed by atoms with Crippen molar-refractivity contribution < 1.29 is 4.79 Å². The van der Waals surface area contributed by atoms with Crippen LogP contribution in [0.25, 0.3) is 0 Å². The molecule has 2 fully saturated rings. The Morgan fingerprint density at radius 3 is 2.74 bits per heavy atom. The van der Waals surface area contributed by atoms with Crippen LogP contribution in [0.2, 0.25) is 0 Å². The molecule has 3 rings (SSSR count). The van der Waals surface area contributed by atoms with E-state index in [-0.39, 0.29) is 5.91 Å². The molecule has 1 aromatic rings. The van der Waals surface area contributed by atoms with Gasteiger partial charge in [-0.15, -0.1) is 0 Å². The molecule has 6 nitrogen and oxygen atoms in total. The maximum Gasteiger partial charge on any atom is 0.259 e. The van der Waals surface area contributed by atoms with E-state index in [2.05, 4.69) is 17.0 Å². The lowest BCUT2D eigenvalue weighted by Crippen LogP contribution is -2.39. The van der Waals surface area contributed by atoms with Gasteiger partial charge in [0.2, 0.25) is 0 Å². The predicted octanol–water partition coefficient (Wildman–Crippen LogP) is 0.311. The predicted molar refractivity (Wildman–Crippen MR) is 72.7 cm³/mol. The number of nitrogen functional groups attached to an aromatic ring is 1. The number of nitrogens with zero attached hydrogens (tertiary/aromatic N) is 4. The minimum Gasteiger partial charge on any atom is -0.383 e. The molecule has 6 heteroatoms. The summed E-state index contributed by atoms with van der Waals surface area (Å²) >= 11 is 0. The summed E-state index contributed by atoms with van der Waals surface area (Å²) in [5, 5.41) is 4.05. The van der Waals surface area contributed by atoms with Gasteiger partial charge >= 0.3 is 0 Å². The molecule has 2 aliphatic rings. The number of likely N-dealkylation sites (N-methyl/N-ethyl adjacent to an activating group) is 1. The van der Waals surface area contributed by atoms with Gasteiger partial charge in [-0.2, -0.15) is 5.10 Å². The van der Waals surface area contributed by atoms with E-state index in [4.69, 9.17) is 5.73 Å². The number of aryl methyl sites for hydroxylation is 1. The third-order valence-corrected chi connectivity index (χ3v) is 4.65. The van der Waals surface area contributed by atoms with Gasteiger partial charge in [0.25, 0.3) is 5.91 Å². The van der Waals surface area contributed by atoms with Crippen LogP contribution in [0, 0.1) is 0 Å². The maximum atomic E-state index is 12.5. The topological polar surface area (TPSA) is 67.4 Å². The summed E-state index contributed by atoms with van der Waals surface area (Å²) in [5.74, 6) is 0.472. The first-order valence-electron chi connectivity index (χ1n) is 6.86. The Morgan fingerprint density at radius 2 is 2.05 bits per heavy atom. The largest absolute Gasteiger partial charge is 0.383 e. The third kappa shape index (κ3) is 2.00. The number of hydrogen-bond acceptors (Lipinski definition) is 4. The fraction of sp³-hybridized carbons (Fsp3) is 0.692. The van der Waals surface area contributed by atoms with Crippen molar-refractivity contribution in [2.24, 2.45) is 7.05 Å². The molecule has 2 bridgehead atoms. The van der Waals surface area contributed by atoms with Crippen LogP contribution in [-0.2, 0) is 7.05 Å². The highest BCUT2D eigenvalue weighted by Gasteiger charge is 2.36. The van der Waals surface area contributed by atoms with E-state index in [1.807, 2.05) is 4.90 Å². The van der Waals surface area contributed by atoms with Crippen molar-refractivity contribution >= 4 is 11.7 Å². The van der Waals surface area contributed by atoms with E-state index in [0.717, 1.165) is 19.5 Å². The highest BCUT2D eigenvalue weighted by molar-refractivity contribution is 5.98. The normalized spacial score (nSPS) is 27.6. The Bertz CT molecular complexity index is 497. The van der Waals surface area contributed by atoms with E-state index in [1.54, 1.807) is 17.9 Å². The molecule has 0 saturated carbocycles. The Balaban J connectivity index is 1.79. The van der Waals surface area contributed by atoms with Crippen molar-refractivity contribution in [1.29, 1.82) is 0 Å². The molecule has 2 aliphatic heterocycles. The first-order chi connectivity index (χ1) is 9.08. The van der Waals surface area contributed by atoms with Crippen LogP contribution in [0.5, 0.6) is 0 Å². The summed E-state index contributed by atoms with van der Waals surface area (Å²) in [6, 6.07) is 1.13. The van der Waals surface area contributed by atoms with Crippen molar-refractivity contribution in [3.05, 3.63) is 11.8 Å². The summed E-state index contributed by atoms with van der Waals surface area (Å²) in [6.07, 6.45) is 5.08.